The van der Waals surface area contributed by atoms with Gasteiger partial charge in [0.05, 0.1) is 13.7 Å². The van der Waals surface area contributed by atoms with E-state index < -0.39 is 11.5 Å². The van der Waals surface area contributed by atoms with Crippen LogP contribution in [0.2, 0.25) is 0 Å². The number of amides is 1. The fourth-order valence-electron chi connectivity index (χ4n) is 2.86. The van der Waals surface area contributed by atoms with Crippen LogP contribution in [0.1, 0.15) is 43.0 Å². The topological polar surface area (TPSA) is 111 Å². The molecule has 0 bridgehead atoms. The van der Waals surface area contributed by atoms with E-state index in [2.05, 4.69) is 5.32 Å². The quantitative estimate of drug-likeness (QED) is 0.497. The number of nitrogens with one attached hydrogen (secondary N) is 1. The Morgan fingerprint density at radius 1 is 1.22 bits per heavy atom. The second-order valence-electron chi connectivity index (χ2n) is 6.42. The Balaban J connectivity index is 1.83. The average molecular weight is 379 g/mol. The number of aliphatic carboxylic acids is 1. The average Bonchev–Trinajstić information content (AvgIpc) is 2.65. The minimum absolute atomic E-state index is 0.0722. The summed E-state index contributed by atoms with van der Waals surface area (Å²) in [6.45, 7) is 2.35. The molecule has 8 nitrogen and oxygen atoms in total. The van der Waals surface area contributed by atoms with Crippen LogP contribution in [0.3, 0.4) is 0 Å². The smallest absolute Gasteiger partial charge is 0.329 e. The van der Waals surface area contributed by atoms with Crippen molar-refractivity contribution in [1.82, 2.24) is 5.32 Å². The molecule has 2 N–H and O–H groups in total. The van der Waals surface area contributed by atoms with Gasteiger partial charge in [0.15, 0.2) is 17.3 Å². The lowest BCUT2D eigenvalue weighted by Crippen LogP contribution is -2.57. The summed E-state index contributed by atoms with van der Waals surface area (Å²) in [7, 11) is 1.48. The summed E-state index contributed by atoms with van der Waals surface area (Å²) in [5.74, 6) is -0.516. The summed E-state index contributed by atoms with van der Waals surface area (Å²) in [5, 5.41) is 12.1. The first-order valence-electron chi connectivity index (χ1n) is 8.82. The number of rotatable bonds is 9. The number of carbonyl (C=O) groups is 3. The largest absolute Gasteiger partial charge is 0.493 e. The van der Waals surface area contributed by atoms with Crippen LogP contribution in [0.5, 0.6) is 11.5 Å². The Labute approximate surface area is 157 Å². The number of carbonyl (C=O) groups excluding carboxylic acids is 2. The molecule has 148 valence electrons. The van der Waals surface area contributed by atoms with Crippen LogP contribution in [0.4, 0.5) is 0 Å². The number of Topliss-reactive ketones (excluding diaryl/α,β-unsaturated/α-hetero) is 1. The first-order valence-corrected chi connectivity index (χ1v) is 8.82. The van der Waals surface area contributed by atoms with Crippen LogP contribution in [-0.4, -0.2) is 55.2 Å². The van der Waals surface area contributed by atoms with Crippen molar-refractivity contribution in [2.24, 2.45) is 0 Å². The summed E-state index contributed by atoms with van der Waals surface area (Å²) >= 11 is 0. The number of benzene rings is 1. The summed E-state index contributed by atoms with van der Waals surface area (Å²) in [6.07, 6.45) is 1.06. The SMILES string of the molecule is COc1cc(C(C)=O)ccc1OCCCC(=O)NC1(C(=O)O)CCOCC1. The van der Waals surface area contributed by atoms with Crippen molar-refractivity contribution in [3.05, 3.63) is 23.8 Å². The molecule has 1 saturated heterocycles. The lowest BCUT2D eigenvalue weighted by molar-refractivity contribution is -0.152. The molecular weight excluding hydrogens is 354 g/mol. The zero-order chi connectivity index (χ0) is 19.9. The Hall–Kier alpha value is -2.61. The molecule has 1 aliphatic heterocycles. The van der Waals surface area contributed by atoms with Gasteiger partial charge in [0.1, 0.15) is 5.54 Å². The van der Waals surface area contributed by atoms with E-state index in [0.29, 0.717) is 36.7 Å². The predicted octanol–water partition coefficient (Wildman–Crippen LogP) is 1.81. The van der Waals surface area contributed by atoms with E-state index in [1.807, 2.05) is 0 Å². The van der Waals surface area contributed by atoms with Crippen molar-refractivity contribution in [1.29, 1.82) is 0 Å². The summed E-state index contributed by atoms with van der Waals surface area (Å²) in [5.41, 5.74) is -0.726. The lowest BCUT2D eigenvalue weighted by atomic mass is 9.90. The molecule has 0 aromatic heterocycles. The number of methoxy groups -OCH3 is 1. The third-order valence-electron chi connectivity index (χ3n) is 4.51. The Morgan fingerprint density at radius 3 is 2.52 bits per heavy atom. The van der Waals surface area contributed by atoms with Crippen LogP contribution in [0.15, 0.2) is 18.2 Å². The highest BCUT2D eigenvalue weighted by Crippen LogP contribution is 2.28. The molecule has 0 spiro atoms. The monoisotopic (exact) mass is 379 g/mol. The fourth-order valence-corrected chi connectivity index (χ4v) is 2.86. The number of hydrogen-bond donors (Lipinski definition) is 2. The van der Waals surface area contributed by atoms with Crippen molar-refractivity contribution >= 4 is 17.7 Å². The maximum absolute atomic E-state index is 12.1. The molecule has 1 amide bonds. The Morgan fingerprint density at radius 2 is 1.93 bits per heavy atom. The van der Waals surface area contributed by atoms with Gasteiger partial charge in [0, 0.05) is 38.0 Å². The molecule has 0 saturated carbocycles. The van der Waals surface area contributed by atoms with Gasteiger partial charge in [-0.3, -0.25) is 9.59 Å². The Kier molecular flexibility index (Phi) is 7.18. The zero-order valence-corrected chi connectivity index (χ0v) is 15.6. The van der Waals surface area contributed by atoms with Crippen molar-refractivity contribution in [3.8, 4) is 11.5 Å². The van der Waals surface area contributed by atoms with Crippen molar-refractivity contribution in [2.45, 2.75) is 38.1 Å². The van der Waals surface area contributed by atoms with Gasteiger partial charge in [-0.1, -0.05) is 0 Å². The van der Waals surface area contributed by atoms with Crippen molar-refractivity contribution in [2.75, 3.05) is 26.9 Å². The molecular formula is C19H25NO7. The van der Waals surface area contributed by atoms with Gasteiger partial charge in [0.2, 0.25) is 5.91 Å². The van der Waals surface area contributed by atoms with Gasteiger partial charge in [-0.25, -0.2) is 4.79 Å². The molecule has 0 radical (unpaired) electrons. The minimum atomic E-state index is -1.25. The van der Waals surface area contributed by atoms with E-state index in [4.69, 9.17) is 14.2 Å². The molecule has 1 aromatic rings. The summed E-state index contributed by atoms with van der Waals surface area (Å²) < 4.78 is 16.0. The van der Waals surface area contributed by atoms with Crippen LogP contribution < -0.4 is 14.8 Å². The lowest BCUT2D eigenvalue weighted by Gasteiger charge is -2.33. The van der Waals surface area contributed by atoms with Crippen LogP contribution in [0, 0.1) is 0 Å². The highest BCUT2D eigenvalue weighted by atomic mass is 16.5. The van der Waals surface area contributed by atoms with Gasteiger partial charge in [-0.15, -0.1) is 0 Å². The minimum Gasteiger partial charge on any atom is -0.493 e. The molecule has 0 unspecified atom stereocenters. The number of hydrogen-bond acceptors (Lipinski definition) is 6. The maximum atomic E-state index is 12.1. The molecule has 1 heterocycles. The molecule has 27 heavy (non-hydrogen) atoms. The fraction of sp³-hybridized carbons (Fsp3) is 0.526. The number of carboxylic acid groups (broad SMARTS) is 1. The normalized spacial score (nSPS) is 15.6. The highest BCUT2D eigenvalue weighted by Gasteiger charge is 2.41. The third kappa shape index (κ3) is 5.43. The number of ketones is 1. The molecule has 0 aliphatic carbocycles. The van der Waals surface area contributed by atoms with E-state index in [0.717, 1.165) is 0 Å². The first kappa shape index (κ1) is 20.7. The van der Waals surface area contributed by atoms with Crippen LogP contribution in [0.25, 0.3) is 0 Å². The standard InChI is InChI=1S/C19H25NO7/c1-13(21)14-5-6-15(16(12-14)25-2)27-9-3-4-17(22)20-19(18(23)24)7-10-26-11-8-19/h5-6,12H,3-4,7-11H2,1-2H3,(H,20,22)(H,23,24). The highest BCUT2D eigenvalue weighted by molar-refractivity contribution is 5.94. The van der Waals surface area contributed by atoms with Crippen LogP contribution in [-0.2, 0) is 14.3 Å². The van der Waals surface area contributed by atoms with Crippen molar-refractivity contribution < 1.29 is 33.7 Å². The first-order chi connectivity index (χ1) is 12.9. The second-order valence-corrected chi connectivity index (χ2v) is 6.42. The van der Waals surface area contributed by atoms with Crippen molar-refractivity contribution in [3.63, 3.8) is 0 Å². The predicted molar refractivity (Wildman–Crippen MR) is 96.3 cm³/mol. The van der Waals surface area contributed by atoms with E-state index in [1.54, 1.807) is 18.2 Å². The summed E-state index contributed by atoms with van der Waals surface area (Å²) in [6, 6.07) is 4.90. The molecule has 1 aliphatic rings. The number of ether oxygens (including phenoxy) is 3. The van der Waals surface area contributed by atoms with E-state index in [9.17, 15) is 19.5 Å². The van der Waals surface area contributed by atoms with Gasteiger partial charge < -0.3 is 24.6 Å². The van der Waals surface area contributed by atoms with Gasteiger partial charge in [0.25, 0.3) is 0 Å². The molecule has 1 fully saturated rings. The second kappa shape index (κ2) is 9.36. The molecule has 8 heteroatoms. The molecule has 2 rings (SSSR count). The van der Waals surface area contributed by atoms with Gasteiger partial charge in [-0.05, 0) is 31.5 Å². The number of carboxylic acids is 1. The van der Waals surface area contributed by atoms with E-state index in [-0.39, 0.29) is 37.6 Å². The third-order valence-corrected chi connectivity index (χ3v) is 4.51. The maximum Gasteiger partial charge on any atom is 0.329 e. The van der Waals surface area contributed by atoms with Gasteiger partial charge in [-0.2, -0.15) is 0 Å². The molecule has 0 atom stereocenters. The zero-order valence-electron chi connectivity index (χ0n) is 15.6. The van der Waals surface area contributed by atoms with Crippen LogP contribution >= 0.6 is 0 Å². The van der Waals surface area contributed by atoms with E-state index >= 15 is 0 Å². The van der Waals surface area contributed by atoms with E-state index in [1.165, 1.54) is 14.0 Å². The van der Waals surface area contributed by atoms with Gasteiger partial charge >= 0.3 is 5.97 Å². The summed E-state index contributed by atoms with van der Waals surface area (Å²) in [4.78, 5) is 35.1. The molecule has 1 aromatic carbocycles. The Bertz CT molecular complexity index is 695.